The Morgan fingerprint density at radius 2 is 1.96 bits per heavy atom. The lowest BCUT2D eigenvalue weighted by Gasteiger charge is -2.20. The lowest BCUT2D eigenvalue weighted by atomic mass is 9.95. The first-order valence-corrected chi connectivity index (χ1v) is 11.4. The Balaban J connectivity index is 1.35. The molecule has 2 nitrogen and oxygen atoms in total. The second-order valence-electron chi connectivity index (χ2n) is 7.88. The summed E-state index contributed by atoms with van der Waals surface area (Å²) in [5.41, 5.74) is 4.02. The van der Waals surface area contributed by atoms with E-state index in [9.17, 15) is 4.79 Å². The van der Waals surface area contributed by atoms with Crippen LogP contribution in [0.1, 0.15) is 61.3 Å². The zero-order valence-corrected chi connectivity index (χ0v) is 17.7. The third-order valence-electron chi connectivity index (χ3n) is 5.96. The van der Waals surface area contributed by atoms with Gasteiger partial charge < -0.3 is 5.32 Å². The Morgan fingerprint density at radius 1 is 1.18 bits per heavy atom. The number of hydrogen-bond acceptors (Lipinski definition) is 3. The molecule has 3 atom stereocenters. The Bertz CT molecular complexity index is 949. The van der Waals surface area contributed by atoms with Gasteiger partial charge in [0.05, 0.1) is 0 Å². The molecule has 2 aromatic carbocycles. The maximum absolute atomic E-state index is 10.9. The van der Waals surface area contributed by atoms with E-state index in [1.807, 2.05) is 11.3 Å². The average molecular weight is 412 g/mol. The summed E-state index contributed by atoms with van der Waals surface area (Å²) in [6.07, 6.45) is 4.77. The maximum atomic E-state index is 10.9. The van der Waals surface area contributed by atoms with E-state index in [0.29, 0.717) is 24.4 Å². The van der Waals surface area contributed by atoms with Gasteiger partial charge in [0, 0.05) is 23.2 Å². The molecule has 1 N–H and O–H groups in total. The molecule has 3 aromatic rings. The van der Waals surface area contributed by atoms with Crippen LogP contribution in [0.2, 0.25) is 0 Å². The van der Waals surface area contributed by atoms with Crippen LogP contribution in [0.5, 0.6) is 0 Å². The SMILES string of the molecule is C[C@@H](N[C@H]1CC[C@H](c2ccc(CCC(=O)Cl)cc2)C1)c1csc2ccccc12. The molecule has 1 saturated carbocycles. The molecule has 28 heavy (non-hydrogen) atoms. The van der Waals surface area contributed by atoms with Crippen molar-refractivity contribution in [2.45, 2.75) is 57.0 Å². The van der Waals surface area contributed by atoms with Crippen molar-refractivity contribution >= 4 is 38.3 Å². The van der Waals surface area contributed by atoms with Gasteiger partial charge in [-0.2, -0.15) is 0 Å². The van der Waals surface area contributed by atoms with Crippen LogP contribution in [0.4, 0.5) is 0 Å². The molecule has 0 spiro atoms. The van der Waals surface area contributed by atoms with Gasteiger partial charge in [0.2, 0.25) is 5.24 Å². The molecule has 146 valence electrons. The molecule has 4 heteroatoms. The van der Waals surface area contributed by atoms with Crippen molar-refractivity contribution < 1.29 is 4.79 Å². The first-order valence-electron chi connectivity index (χ1n) is 10.1. The summed E-state index contributed by atoms with van der Waals surface area (Å²) in [5.74, 6) is 0.618. The van der Waals surface area contributed by atoms with E-state index in [1.54, 1.807) is 0 Å². The fraction of sp³-hybridized carbons (Fsp3) is 0.375. The van der Waals surface area contributed by atoms with Crippen molar-refractivity contribution in [1.82, 2.24) is 5.32 Å². The first kappa shape index (κ1) is 19.6. The van der Waals surface area contributed by atoms with Crippen molar-refractivity contribution in [2.75, 3.05) is 0 Å². The Labute approximate surface area is 175 Å². The molecule has 1 aliphatic carbocycles. The van der Waals surface area contributed by atoms with Gasteiger partial charge in [0.15, 0.2) is 0 Å². The maximum Gasteiger partial charge on any atom is 0.221 e. The Hall–Kier alpha value is -1.68. The van der Waals surface area contributed by atoms with Crippen LogP contribution in [0, 0.1) is 0 Å². The van der Waals surface area contributed by atoms with E-state index < -0.39 is 0 Å². The normalized spacial score (nSPS) is 20.5. The van der Waals surface area contributed by atoms with Gasteiger partial charge in [0.25, 0.3) is 0 Å². The monoisotopic (exact) mass is 411 g/mol. The first-order chi connectivity index (χ1) is 13.6. The second-order valence-corrected chi connectivity index (χ2v) is 9.21. The third-order valence-corrected chi connectivity index (χ3v) is 7.13. The molecule has 4 rings (SSSR count). The fourth-order valence-electron chi connectivity index (χ4n) is 4.41. The van der Waals surface area contributed by atoms with Crippen LogP contribution >= 0.6 is 22.9 Å². The summed E-state index contributed by atoms with van der Waals surface area (Å²) in [4.78, 5) is 10.9. The van der Waals surface area contributed by atoms with Crippen LogP contribution in [0.3, 0.4) is 0 Å². The highest BCUT2D eigenvalue weighted by atomic mass is 35.5. The molecule has 1 heterocycles. The van der Waals surface area contributed by atoms with Crippen LogP contribution in [-0.2, 0) is 11.2 Å². The lowest BCUT2D eigenvalue weighted by molar-refractivity contribution is -0.111. The molecule has 1 aliphatic rings. The van der Waals surface area contributed by atoms with Crippen LogP contribution in [0.15, 0.2) is 53.9 Å². The number of hydrogen-bond donors (Lipinski definition) is 1. The number of benzene rings is 2. The minimum absolute atomic E-state index is 0.263. The summed E-state index contributed by atoms with van der Waals surface area (Å²) in [6.45, 7) is 2.29. The van der Waals surface area contributed by atoms with Crippen molar-refractivity contribution in [2.24, 2.45) is 0 Å². The van der Waals surface area contributed by atoms with Crippen molar-refractivity contribution in [1.29, 1.82) is 0 Å². The molecule has 1 aromatic heterocycles. The molecule has 0 unspecified atom stereocenters. The van der Waals surface area contributed by atoms with Crippen LogP contribution in [0.25, 0.3) is 10.1 Å². The predicted octanol–water partition coefficient (Wildman–Crippen LogP) is 6.59. The Morgan fingerprint density at radius 3 is 2.75 bits per heavy atom. The molecule has 0 radical (unpaired) electrons. The highest BCUT2D eigenvalue weighted by Gasteiger charge is 2.27. The third kappa shape index (κ3) is 4.48. The molecule has 0 amide bonds. The van der Waals surface area contributed by atoms with Gasteiger partial charge in [-0.05, 0) is 83.6 Å². The van der Waals surface area contributed by atoms with Gasteiger partial charge in [-0.15, -0.1) is 11.3 Å². The molecule has 1 fully saturated rings. The zero-order chi connectivity index (χ0) is 19.5. The van der Waals surface area contributed by atoms with E-state index in [4.69, 9.17) is 11.6 Å². The number of fused-ring (bicyclic) bond motifs is 1. The van der Waals surface area contributed by atoms with E-state index in [1.165, 1.54) is 46.0 Å². The Kier molecular flexibility index (Phi) is 6.15. The quantitative estimate of drug-likeness (QED) is 0.444. The van der Waals surface area contributed by atoms with Gasteiger partial charge in [-0.1, -0.05) is 42.5 Å². The number of thiophene rings is 1. The van der Waals surface area contributed by atoms with Crippen LogP contribution in [-0.4, -0.2) is 11.3 Å². The zero-order valence-electron chi connectivity index (χ0n) is 16.2. The largest absolute Gasteiger partial charge is 0.307 e. The molecular weight excluding hydrogens is 386 g/mol. The fourth-order valence-corrected chi connectivity index (χ4v) is 5.56. The van der Waals surface area contributed by atoms with E-state index in [0.717, 1.165) is 6.42 Å². The van der Waals surface area contributed by atoms with E-state index in [-0.39, 0.29) is 5.24 Å². The summed E-state index contributed by atoms with van der Waals surface area (Å²) in [5, 5.41) is 7.30. The van der Waals surface area contributed by atoms with Crippen molar-refractivity contribution in [3.8, 4) is 0 Å². The number of aryl methyl sites for hydroxylation is 1. The minimum Gasteiger partial charge on any atom is -0.307 e. The minimum atomic E-state index is -0.263. The highest BCUT2D eigenvalue weighted by Crippen LogP contribution is 2.37. The number of halogens is 1. The number of carbonyl (C=O) groups is 1. The predicted molar refractivity (Wildman–Crippen MR) is 119 cm³/mol. The highest BCUT2D eigenvalue weighted by molar-refractivity contribution is 7.17. The van der Waals surface area contributed by atoms with Crippen molar-refractivity contribution in [3.05, 3.63) is 70.6 Å². The smallest absolute Gasteiger partial charge is 0.221 e. The average Bonchev–Trinajstić information content (AvgIpc) is 3.34. The summed E-state index contributed by atoms with van der Waals surface area (Å²) >= 11 is 7.28. The van der Waals surface area contributed by atoms with E-state index in [2.05, 4.69) is 66.2 Å². The second kappa shape index (κ2) is 8.77. The van der Waals surface area contributed by atoms with Gasteiger partial charge in [-0.25, -0.2) is 0 Å². The van der Waals surface area contributed by atoms with E-state index >= 15 is 0 Å². The molecule has 0 bridgehead atoms. The summed E-state index contributed by atoms with van der Waals surface area (Å²) in [7, 11) is 0. The summed E-state index contributed by atoms with van der Waals surface area (Å²) in [6, 6.07) is 18.4. The van der Waals surface area contributed by atoms with Crippen molar-refractivity contribution in [3.63, 3.8) is 0 Å². The van der Waals surface area contributed by atoms with Crippen LogP contribution < -0.4 is 5.32 Å². The lowest BCUT2D eigenvalue weighted by Crippen LogP contribution is -2.29. The van der Waals surface area contributed by atoms with Gasteiger partial charge >= 0.3 is 0 Å². The van der Waals surface area contributed by atoms with Gasteiger partial charge in [-0.3, -0.25) is 4.79 Å². The molecule has 0 saturated heterocycles. The number of nitrogens with one attached hydrogen (secondary N) is 1. The number of carbonyl (C=O) groups excluding carboxylic acids is 1. The standard InChI is InChI=1S/C24H26ClNOS/c1-16(22-15-28-23-5-3-2-4-21(22)23)26-20-12-11-19(14-20)18-9-6-17(7-10-18)8-13-24(25)27/h2-7,9-10,15-16,19-20,26H,8,11-14H2,1H3/t16-,19+,20+/m1/s1. The number of rotatable bonds is 7. The summed E-state index contributed by atoms with van der Waals surface area (Å²) < 4.78 is 1.37. The topological polar surface area (TPSA) is 29.1 Å². The molecular formula is C24H26ClNOS. The molecule has 0 aliphatic heterocycles. The van der Waals surface area contributed by atoms with Gasteiger partial charge in [0.1, 0.15) is 0 Å².